The maximum absolute atomic E-state index is 12.9. The second kappa shape index (κ2) is 15.7. The summed E-state index contributed by atoms with van der Waals surface area (Å²) >= 11 is 0. The van der Waals surface area contributed by atoms with E-state index in [2.05, 4.69) is 21.9 Å². The van der Waals surface area contributed by atoms with E-state index in [9.17, 15) is 14.9 Å². The quantitative estimate of drug-likeness (QED) is 0.215. The highest BCUT2D eigenvalue weighted by molar-refractivity contribution is 5.89. The van der Waals surface area contributed by atoms with Crippen molar-refractivity contribution in [3.63, 3.8) is 0 Å². The van der Waals surface area contributed by atoms with E-state index in [0.29, 0.717) is 41.4 Å². The van der Waals surface area contributed by atoms with Gasteiger partial charge in [0.25, 0.3) is 11.8 Å². The molecule has 9 heteroatoms. The van der Waals surface area contributed by atoms with Gasteiger partial charge >= 0.3 is 0 Å². The van der Waals surface area contributed by atoms with Crippen LogP contribution in [-0.4, -0.2) is 37.3 Å². The largest absolute Gasteiger partial charge is 0.490 e. The first-order valence-electron chi connectivity index (χ1n) is 13.5. The third-order valence-corrected chi connectivity index (χ3v) is 5.99. The van der Waals surface area contributed by atoms with E-state index in [1.54, 1.807) is 36.4 Å². The average molecular weight is 557 g/mol. The zero-order valence-electron chi connectivity index (χ0n) is 23.8. The molecule has 9 nitrogen and oxygen atoms in total. The molecule has 0 radical (unpaired) electrons. The molecule has 3 aromatic carbocycles. The Hall–Kier alpha value is -4.84. The van der Waals surface area contributed by atoms with Gasteiger partial charge in [0.1, 0.15) is 18.4 Å². The van der Waals surface area contributed by atoms with Gasteiger partial charge in [-0.2, -0.15) is 10.4 Å². The van der Waals surface area contributed by atoms with Crippen molar-refractivity contribution in [2.75, 3.05) is 13.2 Å². The van der Waals surface area contributed by atoms with Gasteiger partial charge in [0, 0.05) is 5.56 Å². The Balaban J connectivity index is 1.61. The highest BCUT2D eigenvalue weighted by Crippen LogP contribution is 2.29. The molecule has 0 saturated carbocycles. The smallest absolute Gasteiger partial charge is 0.262 e. The van der Waals surface area contributed by atoms with E-state index < -0.39 is 17.9 Å². The first-order chi connectivity index (χ1) is 19.8. The Bertz CT molecular complexity index is 1400. The van der Waals surface area contributed by atoms with Crippen LogP contribution in [0.15, 0.2) is 71.8 Å². The van der Waals surface area contributed by atoms with Gasteiger partial charge in [-0.25, -0.2) is 5.43 Å². The molecule has 1 atom stereocenters. The molecule has 3 rings (SSSR count). The summed E-state index contributed by atoms with van der Waals surface area (Å²) in [4.78, 5) is 25.4. The van der Waals surface area contributed by atoms with Gasteiger partial charge in [-0.15, -0.1) is 0 Å². The maximum atomic E-state index is 12.9. The summed E-state index contributed by atoms with van der Waals surface area (Å²) < 4.78 is 17.3. The van der Waals surface area contributed by atoms with Crippen LogP contribution in [0.2, 0.25) is 0 Å². The first kappa shape index (κ1) is 30.7. The number of ether oxygens (including phenoxy) is 3. The Kier molecular flexibility index (Phi) is 11.7. The average Bonchev–Trinajstić information content (AvgIpc) is 2.96. The van der Waals surface area contributed by atoms with E-state index in [0.717, 1.165) is 11.1 Å². The number of hydrazone groups is 1. The van der Waals surface area contributed by atoms with Crippen LogP contribution in [0.4, 0.5) is 0 Å². The molecular formula is C32H36N4O5. The van der Waals surface area contributed by atoms with Gasteiger partial charge < -0.3 is 19.5 Å². The minimum Gasteiger partial charge on any atom is -0.490 e. The lowest BCUT2D eigenvalue weighted by molar-refractivity contribution is -0.130. The summed E-state index contributed by atoms with van der Waals surface area (Å²) in [7, 11) is 0. The lowest BCUT2D eigenvalue weighted by Gasteiger charge is -2.19. The van der Waals surface area contributed by atoms with Crippen LogP contribution < -0.4 is 25.0 Å². The van der Waals surface area contributed by atoms with Crippen LogP contribution in [0.1, 0.15) is 49.4 Å². The van der Waals surface area contributed by atoms with Crippen molar-refractivity contribution >= 4 is 18.0 Å². The highest BCUT2D eigenvalue weighted by atomic mass is 16.5. The molecule has 0 aromatic heterocycles. The van der Waals surface area contributed by atoms with Crippen molar-refractivity contribution in [1.82, 2.24) is 10.7 Å². The fraction of sp³-hybridized carbons (Fsp3) is 0.312. The van der Waals surface area contributed by atoms with E-state index in [1.165, 1.54) is 6.21 Å². The number of nitrogens with zero attached hydrogens (tertiary/aromatic N) is 2. The van der Waals surface area contributed by atoms with Crippen molar-refractivity contribution < 1.29 is 23.8 Å². The monoisotopic (exact) mass is 556 g/mol. The summed E-state index contributed by atoms with van der Waals surface area (Å²) in [6.45, 7) is 8.14. The van der Waals surface area contributed by atoms with Gasteiger partial charge in [0.05, 0.1) is 24.5 Å². The Labute approximate surface area is 241 Å². The molecule has 0 saturated heterocycles. The predicted molar refractivity (Wildman–Crippen MR) is 157 cm³/mol. The molecule has 2 N–H and O–H groups in total. The number of amides is 2. The molecule has 214 valence electrons. The van der Waals surface area contributed by atoms with Crippen LogP contribution in [-0.2, 0) is 16.2 Å². The molecule has 3 aromatic rings. The number of carbonyl (C=O) groups excluding carboxylic acids is 2. The van der Waals surface area contributed by atoms with E-state index >= 15 is 0 Å². The van der Waals surface area contributed by atoms with Gasteiger partial charge in [-0.05, 0) is 67.6 Å². The number of para-hydroxylation sites is 1. The lowest BCUT2D eigenvalue weighted by Crippen LogP contribution is -2.47. The third kappa shape index (κ3) is 9.69. The summed E-state index contributed by atoms with van der Waals surface area (Å²) in [5.74, 6) is 0.984. The molecular weight excluding hydrogens is 520 g/mol. The summed E-state index contributed by atoms with van der Waals surface area (Å²) in [5.41, 5.74) is 5.44. The predicted octanol–water partition coefficient (Wildman–Crippen LogP) is 4.90. The van der Waals surface area contributed by atoms with Crippen LogP contribution in [0.25, 0.3) is 0 Å². The second-order valence-electron chi connectivity index (χ2n) is 9.73. The normalized spacial score (nSPS) is 11.5. The SMILES string of the molecule is CCOc1cc(/C=N\NC(=O)[C@@H](CC(C)C)NC(=O)COc2ccccc2C)ccc1OCc1ccccc1C#N. The number of hydrogen-bond donors (Lipinski definition) is 2. The molecule has 0 fully saturated rings. The molecule has 0 aliphatic rings. The first-order valence-corrected chi connectivity index (χ1v) is 13.5. The summed E-state index contributed by atoms with van der Waals surface area (Å²) in [6, 6.07) is 21.3. The Morgan fingerprint density at radius 3 is 2.46 bits per heavy atom. The third-order valence-electron chi connectivity index (χ3n) is 5.99. The molecule has 0 spiro atoms. The van der Waals surface area contributed by atoms with Gasteiger partial charge in [0.15, 0.2) is 18.1 Å². The Morgan fingerprint density at radius 1 is 0.976 bits per heavy atom. The molecule has 0 aliphatic carbocycles. The topological polar surface area (TPSA) is 122 Å². The molecule has 0 heterocycles. The number of aryl methyl sites for hydroxylation is 1. The number of nitrogens with one attached hydrogen (secondary N) is 2. The fourth-order valence-electron chi connectivity index (χ4n) is 3.95. The minimum atomic E-state index is -0.772. The zero-order valence-corrected chi connectivity index (χ0v) is 23.8. The standard InChI is InChI=1S/C32H36N4O5/c1-5-39-30-17-24(14-15-29(30)40-20-26-12-8-7-11-25(26)18-33)19-34-36-32(38)27(16-22(2)3)35-31(37)21-41-28-13-9-6-10-23(28)4/h6-15,17,19,22,27H,5,16,20-21H2,1-4H3,(H,35,37)(H,36,38)/b34-19-/t27-/m1/s1. The highest BCUT2D eigenvalue weighted by Gasteiger charge is 2.22. The van der Waals surface area contributed by atoms with Crippen molar-refractivity contribution in [2.45, 2.75) is 46.8 Å². The molecule has 2 amide bonds. The van der Waals surface area contributed by atoms with Crippen molar-refractivity contribution in [1.29, 1.82) is 5.26 Å². The summed E-state index contributed by atoms with van der Waals surface area (Å²) in [6.07, 6.45) is 1.93. The van der Waals surface area contributed by atoms with Crippen LogP contribution in [0.5, 0.6) is 17.2 Å². The Morgan fingerprint density at radius 2 is 1.73 bits per heavy atom. The van der Waals surface area contributed by atoms with Crippen molar-refractivity contribution in [2.24, 2.45) is 11.0 Å². The lowest BCUT2D eigenvalue weighted by atomic mass is 10.0. The molecule has 41 heavy (non-hydrogen) atoms. The van der Waals surface area contributed by atoms with Crippen molar-refractivity contribution in [3.8, 4) is 23.3 Å². The van der Waals surface area contributed by atoms with Gasteiger partial charge in [-0.1, -0.05) is 50.2 Å². The maximum Gasteiger partial charge on any atom is 0.262 e. The second-order valence-corrected chi connectivity index (χ2v) is 9.73. The number of nitriles is 1. The molecule has 0 bridgehead atoms. The van der Waals surface area contributed by atoms with E-state index in [4.69, 9.17) is 14.2 Å². The molecule has 0 unspecified atom stereocenters. The van der Waals surface area contributed by atoms with Crippen LogP contribution >= 0.6 is 0 Å². The minimum absolute atomic E-state index is 0.161. The summed E-state index contributed by atoms with van der Waals surface area (Å²) in [5, 5.41) is 16.1. The van der Waals surface area contributed by atoms with E-state index in [-0.39, 0.29) is 19.1 Å². The van der Waals surface area contributed by atoms with E-state index in [1.807, 2.05) is 58.0 Å². The van der Waals surface area contributed by atoms with Gasteiger partial charge in [-0.3, -0.25) is 9.59 Å². The number of hydrogen-bond acceptors (Lipinski definition) is 7. The fourth-order valence-corrected chi connectivity index (χ4v) is 3.95. The number of carbonyl (C=O) groups is 2. The van der Waals surface area contributed by atoms with Crippen LogP contribution in [0, 0.1) is 24.2 Å². The zero-order chi connectivity index (χ0) is 29.6. The number of rotatable bonds is 14. The van der Waals surface area contributed by atoms with Crippen molar-refractivity contribution in [3.05, 3.63) is 89.0 Å². The molecule has 0 aliphatic heterocycles. The van der Waals surface area contributed by atoms with Crippen LogP contribution in [0.3, 0.4) is 0 Å². The number of benzene rings is 3. The van der Waals surface area contributed by atoms with Gasteiger partial charge in [0.2, 0.25) is 0 Å².